The zero-order chi connectivity index (χ0) is 17.9. The van der Waals surface area contributed by atoms with Crippen molar-refractivity contribution >= 4 is 29.8 Å². The van der Waals surface area contributed by atoms with Crippen molar-refractivity contribution in [1.29, 1.82) is 0 Å². The van der Waals surface area contributed by atoms with Gasteiger partial charge in [-0.05, 0) is 34.6 Å². The Morgan fingerprint density at radius 1 is 0.455 bits per heavy atom. The minimum absolute atomic E-state index is 0. The second-order valence-electron chi connectivity index (χ2n) is 2.46. The van der Waals surface area contributed by atoms with Gasteiger partial charge in [0.1, 0.15) is 0 Å². The van der Waals surface area contributed by atoms with Crippen LogP contribution in [0.15, 0.2) is 0 Å². The standard InChI is InChI=1S/5C2H4O2.K.W/c5*1-2(3)4;;/h5*1H3,(H,3,4);;/q;;;;;+1;/p-5. The Bertz CT molecular complexity index is 216. The van der Waals surface area contributed by atoms with Gasteiger partial charge < -0.3 is 49.5 Å². The zero-order valence-electron chi connectivity index (χ0n) is 13.0. The predicted molar refractivity (Wildman–Crippen MR) is 53.4 cm³/mol. The molecule has 0 amide bonds. The summed E-state index contributed by atoms with van der Waals surface area (Å²) in [5.41, 5.74) is 0. The summed E-state index contributed by atoms with van der Waals surface area (Å²) in [4.78, 5) is 44.4. The van der Waals surface area contributed by atoms with Crippen LogP contribution in [0.3, 0.4) is 0 Å². The third-order valence-electron chi connectivity index (χ3n) is 0. The molecule has 0 radical (unpaired) electrons. The number of carboxylic acid groups (broad SMARTS) is 5. The summed E-state index contributed by atoms with van der Waals surface area (Å²) in [6.07, 6.45) is 0. The number of aliphatic carboxylic acids is 5. The molecule has 0 heterocycles. The van der Waals surface area contributed by atoms with Crippen molar-refractivity contribution in [2.24, 2.45) is 0 Å². The largest absolute Gasteiger partial charge is 1.00 e. The van der Waals surface area contributed by atoms with E-state index in [4.69, 9.17) is 49.5 Å². The molecular weight excluding hydrogens is 503 g/mol. The van der Waals surface area contributed by atoms with Gasteiger partial charge in [-0.1, -0.05) is 0 Å². The van der Waals surface area contributed by atoms with Gasteiger partial charge in [-0.2, -0.15) is 0 Å². The van der Waals surface area contributed by atoms with Crippen LogP contribution < -0.4 is 76.9 Å². The Kier molecular flexibility index (Phi) is 72.7. The van der Waals surface area contributed by atoms with E-state index in [9.17, 15) is 0 Å². The molecule has 12 heteroatoms. The van der Waals surface area contributed by atoms with Crippen LogP contribution in [-0.4, -0.2) is 29.8 Å². The molecule has 10 nitrogen and oxygen atoms in total. The van der Waals surface area contributed by atoms with Crippen molar-refractivity contribution < 1.29 is 122 Å². The third kappa shape index (κ3) is 64800. The summed E-state index contributed by atoms with van der Waals surface area (Å²) in [5.74, 6) is -5.42. The number of carboxylic acids is 5. The summed E-state index contributed by atoms with van der Waals surface area (Å²) in [7, 11) is 0. The number of carbonyl (C=O) groups is 5. The monoisotopic (exact) mass is 518 g/mol. The zero-order valence-corrected chi connectivity index (χ0v) is 19.0. The van der Waals surface area contributed by atoms with Crippen molar-refractivity contribution in [3.63, 3.8) is 0 Å². The Morgan fingerprint density at radius 3 is 0.455 bits per heavy atom. The van der Waals surface area contributed by atoms with Gasteiger partial charge in [-0.15, -0.1) is 0 Å². The normalized spacial score (nSPS) is 5.68. The number of rotatable bonds is 0. The van der Waals surface area contributed by atoms with Crippen LogP contribution in [0.25, 0.3) is 0 Å². The second kappa shape index (κ2) is 37.2. The van der Waals surface area contributed by atoms with E-state index in [0.717, 1.165) is 34.6 Å². The number of hydrogen-bond acceptors (Lipinski definition) is 10. The maximum Gasteiger partial charge on any atom is 1.00 e. The fourth-order valence-electron chi connectivity index (χ4n) is 0. The first-order valence-electron chi connectivity index (χ1n) is 4.54. The van der Waals surface area contributed by atoms with Gasteiger partial charge in [0.25, 0.3) is 0 Å². The van der Waals surface area contributed by atoms with E-state index in [-0.39, 0.29) is 72.4 Å². The van der Waals surface area contributed by atoms with Gasteiger partial charge in [0, 0.05) is 50.9 Å². The molecule has 0 N–H and O–H groups in total. The number of carbonyl (C=O) groups excluding carboxylic acids is 5. The minimum atomic E-state index is -1.08. The van der Waals surface area contributed by atoms with Gasteiger partial charge in [0.05, 0.1) is 0 Å². The average molecular weight is 518 g/mol. The van der Waals surface area contributed by atoms with E-state index >= 15 is 0 Å². The maximum absolute atomic E-state index is 8.89. The molecule has 0 fully saturated rings. The van der Waals surface area contributed by atoms with Gasteiger partial charge in [-0.25, -0.2) is 0 Å². The Labute approximate surface area is 184 Å². The van der Waals surface area contributed by atoms with E-state index in [0.29, 0.717) is 0 Å². The fourth-order valence-corrected chi connectivity index (χ4v) is 0. The molecule has 0 bridgehead atoms. The van der Waals surface area contributed by atoms with Crippen molar-refractivity contribution in [3.05, 3.63) is 0 Å². The maximum atomic E-state index is 8.89. The molecule has 0 aliphatic rings. The molecule has 0 aliphatic carbocycles. The molecule has 0 saturated heterocycles. The van der Waals surface area contributed by atoms with E-state index in [1.165, 1.54) is 0 Å². The first-order chi connectivity index (χ1) is 8.66. The van der Waals surface area contributed by atoms with Crippen LogP contribution in [-0.2, 0) is 45.0 Å². The number of hydrogen-bond donors (Lipinski definition) is 0. The van der Waals surface area contributed by atoms with E-state index < -0.39 is 29.8 Å². The summed E-state index contributed by atoms with van der Waals surface area (Å²) in [6.45, 7) is 4.86. The molecule has 0 atom stereocenters. The third-order valence-corrected chi connectivity index (χ3v) is 0. The summed E-state index contributed by atoms with van der Waals surface area (Å²) in [6, 6.07) is 0. The Hall–Kier alpha value is -0.325. The van der Waals surface area contributed by atoms with Crippen molar-refractivity contribution in [1.82, 2.24) is 0 Å². The van der Waals surface area contributed by atoms with Crippen LogP contribution in [0, 0.1) is 0 Å². The molecule has 0 aromatic carbocycles. The molecule has 0 unspecified atom stereocenters. The average Bonchev–Trinajstić information content (AvgIpc) is 1.94. The van der Waals surface area contributed by atoms with E-state index in [2.05, 4.69) is 0 Å². The van der Waals surface area contributed by atoms with Crippen LogP contribution in [0.2, 0.25) is 0 Å². The van der Waals surface area contributed by atoms with Crippen molar-refractivity contribution in [2.45, 2.75) is 34.6 Å². The van der Waals surface area contributed by atoms with E-state index in [1.807, 2.05) is 0 Å². The summed E-state index contributed by atoms with van der Waals surface area (Å²) < 4.78 is 0. The SMILES string of the molecule is CC(=O)[O-].CC(=O)[O-].CC(=O)[O-].CC(=O)[O-].CC(=O)[O-].[K+].[W]. The van der Waals surface area contributed by atoms with Crippen LogP contribution in [0.5, 0.6) is 0 Å². The fraction of sp³-hybridized carbons (Fsp3) is 0.500. The molecule has 0 saturated carbocycles. The molecular formula is C10H15KO10W-4. The van der Waals surface area contributed by atoms with Crippen LogP contribution in [0.1, 0.15) is 34.6 Å². The Morgan fingerprint density at radius 2 is 0.455 bits per heavy atom. The smallest absolute Gasteiger partial charge is 0.550 e. The van der Waals surface area contributed by atoms with Crippen LogP contribution >= 0.6 is 0 Å². The summed E-state index contributed by atoms with van der Waals surface area (Å²) in [5, 5.41) is 44.4. The minimum Gasteiger partial charge on any atom is -0.550 e. The van der Waals surface area contributed by atoms with Crippen molar-refractivity contribution in [3.8, 4) is 0 Å². The van der Waals surface area contributed by atoms with Gasteiger partial charge >= 0.3 is 51.4 Å². The molecule has 0 aromatic rings. The molecule has 0 aliphatic heterocycles. The quantitative estimate of drug-likeness (QED) is 0.277. The molecule has 0 spiro atoms. The first kappa shape index (κ1) is 43.0. The van der Waals surface area contributed by atoms with E-state index in [1.54, 1.807) is 0 Å². The molecule has 0 rings (SSSR count). The summed E-state index contributed by atoms with van der Waals surface area (Å²) >= 11 is 0. The van der Waals surface area contributed by atoms with Crippen LogP contribution in [0.4, 0.5) is 0 Å². The molecule has 126 valence electrons. The predicted octanol–water partition coefficient (Wildman–Crippen LogP) is -9.22. The Balaban J connectivity index is -0.0000000250. The van der Waals surface area contributed by atoms with Gasteiger partial charge in [0.15, 0.2) is 0 Å². The molecule has 22 heavy (non-hydrogen) atoms. The van der Waals surface area contributed by atoms with Gasteiger partial charge in [-0.3, -0.25) is 0 Å². The van der Waals surface area contributed by atoms with Crippen molar-refractivity contribution in [2.75, 3.05) is 0 Å². The van der Waals surface area contributed by atoms with Gasteiger partial charge in [0.2, 0.25) is 0 Å². The second-order valence-corrected chi connectivity index (χ2v) is 2.46. The first-order valence-corrected chi connectivity index (χ1v) is 4.54. The molecule has 0 aromatic heterocycles. The topological polar surface area (TPSA) is 201 Å².